The number of benzene rings is 3. The minimum Gasteiger partial charge on any atom is -0.464 e. The van der Waals surface area contributed by atoms with Crippen molar-refractivity contribution in [2.45, 2.75) is 25.4 Å². The molecule has 0 radical (unpaired) electrons. The van der Waals surface area contributed by atoms with Gasteiger partial charge in [-0.3, -0.25) is 14.9 Å². The molecule has 0 bridgehead atoms. The monoisotopic (exact) mass is 498 g/mol. The molecule has 0 saturated carbocycles. The maximum Gasteiger partial charge on any atom is 0.331 e. The molecule has 0 aliphatic carbocycles. The number of imide groups is 1. The number of hydrogen-bond acceptors (Lipinski definition) is 7. The van der Waals surface area contributed by atoms with E-state index in [2.05, 4.69) is 5.32 Å². The molecule has 6 rings (SSSR count). The number of aryl methyl sites for hydroxylation is 1. The number of amides is 2. The van der Waals surface area contributed by atoms with E-state index in [1.807, 2.05) is 49.4 Å². The van der Waals surface area contributed by atoms with Gasteiger partial charge in [-0.25, -0.2) is 9.69 Å². The minimum atomic E-state index is -1.55. The number of fused-ring (bicyclic) bond motifs is 2. The predicted molar refractivity (Wildman–Crippen MR) is 134 cm³/mol. The number of hydrogen-bond donors (Lipinski definition) is 1. The van der Waals surface area contributed by atoms with Crippen LogP contribution < -0.4 is 19.7 Å². The summed E-state index contributed by atoms with van der Waals surface area (Å²) < 4.78 is 16.5. The number of rotatable bonds is 5. The van der Waals surface area contributed by atoms with Crippen LogP contribution in [0.15, 0.2) is 72.8 Å². The van der Waals surface area contributed by atoms with E-state index in [0.717, 1.165) is 11.1 Å². The number of anilines is 1. The van der Waals surface area contributed by atoms with E-state index in [4.69, 9.17) is 14.2 Å². The van der Waals surface area contributed by atoms with Crippen molar-refractivity contribution in [2.75, 3.05) is 18.3 Å². The predicted octanol–water partition coefficient (Wildman–Crippen LogP) is 3.63. The van der Waals surface area contributed by atoms with Crippen LogP contribution in [0.3, 0.4) is 0 Å². The molecule has 3 aromatic rings. The Morgan fingerprint density at radius 1 is 1.00 bits per heavy atom. The van der Waals surface area contributed by atoms with Crippen molar-refractivity contribution in [3.05, 3.63) is 89.5 Å². The van der Waals surface area contributed by atoms with Crippen LogP contribution >= 0.6 is 0 Å². The summed E-state index contributed by atoms with van der Waals surface area (Å²) in [7, 11) is 0. The van der Waals surface area contributed by atoms with Crippen LogP contribution in [0.1, 0.15) is 29.7 Å². The van der Waals surface area contributed by atoms with Crippen LogP contribution in [0.4, 0.5) is 5.69 Å². The summed E-state index contributed by atoms with van der Waals surface area (Å²) in [6.07, 6.45) is 0. The van der Waals surface area contributed by atoms with Gasteiger partial charge < -0.3 is 14.2 Å². The van der Waals surface area contributed by atoms with E-state index in [-0.39, 0.29) is 19.3 Å². The normalized spacial score (nSPS) is 25.9. The summed E-state index contributed by atoms with van der Waals surface area (Å²) in [5.74, 6) is -2.26. The van der Waals surface area contributed by atoms with Crippen molar-refractivity contribution < 1.29 is 28.6 Å². The number of nitrogens with one attached hydrogen (secondary N) is 1. The highest BCUT2D eigenvalue weighted by molar-refractivity contribution is 6.24. The minimum absolute atomic E-state index is 0.0746. The van der Waals surface area contributed by atoms with Gasteiger partial charge in [-0.05, 0) is 42.7 Å². The van der Waals surface area contributed by atoms with E-state index in [1.165, 1.54) is 4.90 Å². The standard InChI is InChI=1S/C29H26N2O6/c1-3-35-28(34)29(18-10-5-4-6-11-18)24-23(25(30-29)20-12-8-7-9-17(20)2)26(32)31(27(24)33)19-13-14-21-22(15-19)37-16-36-21/h4-15,23-25,30H,3,16H2,1-2H3/t23-,24+,25+,29+/m0/s1. The van der Waals surface area contributed by atoms with Crippen LogP contribution in [0, 0.1) is 18.8 Å². The highest BCUT2D eigenvalue weighted by Gasteiger charge is 2.70. The number of carbonyl (C=O) groups is 3. The lowest BCUT2D eigenvalue weighted by molar-refractivity contribution is -0.155. The molecule has 8 heteroatoms. The van der Waals surface area contributed by atoms with Crippen LogP contribution in [0.2, 0.25) is 0 Å². The number of nitrogens with zero attached hydrogens (tertiary/aromatic N) is 1. The molecule has 2 saturated heterocycles. The number of ether oxygens (including phenoxy) is 3. The second kappa shape index (κ2) is 8.74. The fraction of sp³-hybridized carbons (Fsp3) is 0.276. The molecule has 3 aliphatic heterocycles. The Balaban J connectivity index is 1.55. The average molecular weight is 499 g/mol. The Morgan fingerprint density at radius 3 is 2.49 bits per heavy atom. The van der Waals surface area contributed by atoms with Gasteiger partial charge in [-0.2, -0.15) is 0 Å². The van der Waals surface area contributed by atoms with E-state index < -0.39 is 35.3 Å². The third-order valence-corrected chi connectivity index (χ3v) is 7.52. The van der Waals surface area contributed by atoms with Gasteiger partial charge in [0.15, 0.2) is 17.0 Å². The zero-order valence-electron chi connectivity index (χ0n) is 20.5. The van der Waals surface area contributed by atoms with Crippen LogP contribution in [0.5, 0.6) is 11.5 Å². The fourth-order valence-corrected chi connectivity index (χ4v) is 5.91. The molecule has 3 aromatic carbocycles. The van der Waals surface area contributed by atoms with Gasteiger partial charge in [0, 0.05) is 12.1 Å². The van der Waals surface area contributed by atoms with Crippen molar-refractivity contribution in [3.63, 3.8) is 0 Å². The maximum absolute atomic E-state index is 14.2. The zero-order valence-corrected chi connectivity index (χ0v) is 20.5. The highest BCUT2D eigenvalue weighted by Crippen LogP contribution is 2.54. The quantitative estimate of drug-likeness (QED) is 0.424. The van der Waals surface area contributed by atoms with Gasteiger partial charge in [0.1, 0.15) is 0 Å². The maximum atomic E-state index is 14.2. The lowest BCUT2D eigenvalue weighted by Crippen LogP contribution is -2.54. The molecule has 4 atom stereocenters. The summed E-state index contributed by atoms with van der Waals surface area (Å²) >= 11 is 0. The Bertz CT molecular complexity index is 1410. The molecular formula is C29H26N2O6. The molecule has 2 amide bonds. The SMILES string of the molecule is CCOC(=O)[C@]1(c2ccccc2)N[C@H](c2ccccc2C)[C@H]2C(=O)N(c3ccc4c(c3)OCO4)C(=O)[C@@H]21. The molecule has 1 N–H and O–H groups in total. The smallest absolute Gasteiger partial charge is 0.331 e. The van der Waals surface area contributed by atoms with Gasteiger partial charge >= 0.3 is 5.97 Å². The molecule has 0 unspecified atom stereocenters. The van der Waals surface area contributed by atoms with Crippen LogP contribution in [-0.2, 0) is 24.7 Å². The second-order valence-corrected chi connectivity index (χ2v) is 9.43. The third kappa shape index (κ3) is 3.36. The molecule has 8 nitrogen and oxygen atoms in total. The van der Waals surface area contributed by atoms with Crippen LogP contribution in [0.25, 0.3) is 0 Å². The largest absolute Gasteiger partial charge is 0.464 e. The molecule has 3 heterocycles. The zero-order chi connectivity index (χ0) is 25.7. The van der Waals surface area contributed by atoms with Crippen molar-refractivity contribution in [3.8, 4) is 11.5 Å². The molecule has 2 fully saturated rings. The molecule has 37 heavy (non-hydrogen) atoms. The first-order chi connectivity index (χ1) is 18.0. The Labute approximate surface area is 214 Å². The van der Waals surface area contributed by atoms with Gasteiger partial charge in [0.2, 0.25) is 18.6 Å². The molecule has 0 spiro atoms. The topological polar surface area (TPSA) is 94.2 Å². The van der Waals surface area contributed by atoms with Gasteiger partial charge in [0.05, 0.1) is 24.1 Å². The summed E-state index contributed by atoms with van der Waals surface area (Å²) in [6, 6.07) is 21.1. The molecular weight excluding hydrogens is 472 g/mol. The first-order valence-electron chi connectivity index (χ1n) is 12.3. The number of carbonyl (C=O) groups excluding carboxylic acids is 3. The molecule has 3 aliphatic rings. The first-order valence-corrected chi connectivity index (χ1v) is 12.3. The Kier molecular flexibility index (Phi) is 5.49. The Morgan fingerprint density at radius 2 is 1.73 bits per heavy atom. The van der Waals surface area contributed by atoms with E-state index in [0.29, 0.717) is 22.7 Å². The van der Waals surface area contributed by atoms with E-state index in [9.17, 15) is 14.4 Å². The lowest BCUT2D eigenvalue weighted by atomic mass is 9.75. The van der Waals surface area contributed by atoms with Crippen molar-refractivity contribution in [1.29, 1.82) is 0 Å². The summed E-state index contributed by atoms with van der Waals surface area (Å²) in [4.78, 5) is 43.4. The van der Waals surface area contributed by atoms with Gasteiger partial charge in [-0.1, -0.05) is 54.6 Å². The highest BCUT2D eigenvalue weighted by atomic mass is 16.7. The second-order valence-electron chi connectivity index (χ2n) is 9.43. The summed E-state index contributed by atoms with van der Waals surface area (Å²) in [5, 5.41) is 3.45. The van der Waals surface area contributed by atoms with Crippen LogP contribution in [-0.4, -0.2) is 31.2 Å². The summed E-state index contributed by atoms with van der Waals surface area (Å²) in [6.45, 7) is 3.89. The molecule has 0 aromatic heterocycles. The third-order valence-electron chi connectivity index (χ3n) is 7.52. The number of esters is 1. The van der Waals surface area contributed by atoms with Crippen molar-refractivity contribution in [2.24, 2.45) is 11.8 Å². The average Bonchev–Trinajstić information content (AvgIpc) is 3.59. The fourth-order valence-electron chi connectivity index (χ4n) is 5.91. The first kappa shape index (κ1) is 23.2. The summed E-state index contributed by atoms with van der Waals surface area (Å²) in [5.41, 5.74) is 1.21. The molecule has 188 valence electrons. The van der Waals surface area contributed by atoms with Gasteiger partial charge in [0.25, 0.3) is 0 Å². The van der Waals surface area contributed by atoms with E-state index >= 15 is 0 Å². The lowest BCUT2D eigenvalue weighted by Gasteiger charge is -2.33. The van der Waals surface area contributed by atoms with E-state index in [1.54, 1.807) is 37.3 Å². The van der Waals surface area contributed by atoms with Gasteiger partial charge in [-0.15, -0.1) is 0 Å². The Hall–Kier alpha value is -4.17. The van der Waals surface area contributed by atoms with Crippen molar-refractivity contribution >= 4 is 23.5 Å². The van der Waals surface area contributed by atoms with Crippen molar-refractivity contribution in [1.82, 2.24) is 5.32 Å².